The summed E-state index contributed by atoms with van der Waals surface area (Å²) in [7, 11) is -3.78. The second-order valence-corrected chi connectivity index (χ2v) is 9.51. The summed E-state index contributed by atoms with van der Waals surface area (Å²) in [6, 6.07) is 12.2. The topological polar surface area (TPSA) is 137 Å². The van der Waals surface area contributed by atoms with Crippen molar-refractivity contribution in [3.05, 3.63) is 71.0 Å². The lowest BCUT2D eigenvalue weighted by molar-refractivity contribution is 0.0730. The van der Waals surface area contributed by atoms with E-state index in [1.54, 1.807) is 30.5 Å². The molecule has 0 unspecified atom stereocenters. The van der Waals surface area contributed by atoms with Crippen LogP contribution in [0.15, 0.2) is 59.6 Å². The number of amides is 2. The van der Waals surface area contributed by atoms with Crippen molar-refractivity contribution in [3.8, 4) is 5.69 Å². The number of benzene rings is 2. The van der Waals surface area contributed by atoms with Gasteiger partial charge in [-0.2, -0.15) is 9.40 Å². The van der Waals surface area contributed by atoms with Gasteiger partial charge in [-0.05, 0) is 48.5 Å². The van der Waals surface area contributed by atoms with Crippen LogP contribution >= 0.6 is 11.6 Å². The third-order valence-electron chi connectivity index (χ3n) is 5.02. The van der Waals surface area contributed by atoms with E-state index in [9.17, 15) is 18.0 Å². The molecule has 2 amide bonds. The van der Waals surface area contributed by atoms with Gasteiger partial charge in [0.25, 0.3) is 11.8 Å². The Hall–Kier alpha value is -3.25. The molecule has 4 rings (SSSR count). The van der Waals surface area contributed by atoms with Gasteiger partial charge in [-0.25, -0.2) is 13.1 Å². The Morgan fingerprint density at radius 1 is 1.06 bits per heavy atom. The molecule has 12 heteroatoms. The van der Waals surface area contributed by atoms with Crippen molar-refractivity contribution >= 4 is 39.1 Å². The zero-order chi connectivity index (χ0) is 23.6. The van der Waals surface area contributed by atoms with E-state index >= 15 is 0 Å². The molecular formula is C21H20ClN5O5S. The first-order valence-electron chi connectivity index (χ1n) is 9.90. The number of sulfonamides is 1. The van der Waals surface area contributed by atoms with Crippen LogP contribution in [0, 0.1) is 0 Å². The monoisotopic (exact) mass is 489 g/mol. The van der Waals surface area contributed by atoms with Gasteiger partial charge < -0.3 is 15.8 Å². The van der Waals surface area contributed by atoms with Crippen LogP contribution in [-0.2, 0) is 14.8 Å². The fraction of sp³-hybridized carbons (Fsp3) is 0.190. The Balaban J connectivity index is 1.52. The molecule has 33 heavy (non-hydrogen) atoms. The molecule has 0 aliphatic carbocycles. The summed E-state index contributed by atoms with van der Waals surface area (Å²) >= 11 is 6.19. The first-order valence-corrected chi connectivity index (χ1v) is 11.7. The van der Waals surface area contributed by atoms with E-state index in [1.165, 1.54) is 33.3 Å². The molecule has 2 heterocycles. The summed E-state index contributed by atoms with van der Waals surface area (Å²) < 4.78 is 33.8. The highest BCUT2D eigenvalue weighted by atomic mass is 35.5. The summed E-state index contributed by atoms with van der Waals surface area (Å²) in [5, 5.41) is 6.90. The minimum Gasteiger partial charge on any atom is -0.379 e. The molecule has 1 saturated heterocycles. The number of aromatic nitrogens is 2. The molecule has 1 aliphatic rings. The van der Waals surface area contributed by atoms with Gasteiger partial charge in [0.1, 0.15) is 5.69 Å². The van der Waals surface area contributed by atoms with E-state index in [-0.39, 0.29) is 34.3 Å². The van der Waals surface area contributed by atoms with Crippen LogP contribution in [0.1, 0.15) is 20.8 Å². The normalized spacial score (nSPS) is 14.7. The molecule has 1 fully saturated rings. The largest absolute Gasteiger partial charge is 0.379 e. The van der Waals surface area contributed by atoms with E-state index in [0.29, 0.717) is 24.6 Å². The van der Waals surface area contributed by atoms with Gasteiger partial charge >= 0.3 is 0 Å². The fourth-order valence-corrected chi connectivity index (χ4v) is 4.91. The van der Waals surface area contributed by atoms with Crippen molar-refractivity contribution < 1.29 is 22.7 Å². The van der Waals surface area contributed by atoms with Crippen LogP contribution in [0.5, 0.6) is 0 Å². The average molecular weight is 490 g/mol. The highest BCUT2D eigenvalue weighted by Crippen LogP contribution is 2.25. The number of ether oxygens (including phenoxy) is 1. The first kappa shape index (κ1) is 22.9. The SMILES string of the molecule is NC(=O)c1ccn(-c2ccc(NC(=O)c3cc(S(=O)(=O)N4CCOCC4)ccc3Cl)cc2)n1. The average Bonchev–Trinajstić information content (AvgIpc) is 3.31. The Kier molecular flexibility index (Phi) is 6.47. The lowest BCUT2D eigenvalue weighted by Crippen LogP contribution is -2.40. The predicted octanol–water partition coefficient (Wildman–Crippen LogP) is 1.90. The molecule has 1 aromatic heterocycles. The zero-order valence-corrected chi connectivity index (χ0v) is 18.8. The predicted molar refractivity (Wildman–Crippen MR) is 121 cm³/mol. The maximum absolute atomic E-state index is 12.9. The molecule has 0 bridgehead atoms. The van der Waals surface area contributed by atoms with Crippen LogP contribution in [0.2, 0.25) is 5.02 Å². The number of nitrogens with one attached hydrogen (secondary N) is 1. The van der Waals surface area contributed by atoms with Crippen molar-refractivity contribution in [1.82, 2.24) is 14.1 Å². The number of morpholine rings is 1. The number of anilines is 1. The van der Waals surface area contributed by atoms with Crippen LogP contribution in [0.25, 0.3) is 5.69 Å². The quantitative estimate of drug-likeness (QED) is 0.542. The molecule has 1 aliphatic heterocycles. The van der Waals surface area contributed by atoms with Crippen molar-refractivity contribution in [2.45, 2.75) is 4.90 Å². The van der Waals surface area contributed by atoms with Crippen molar-refractivity contribution in [1.29, 1.82) is 0 Å². The number of nitrogens with two attached hydrogens (primary N) is 1. The first-order chi connectivity index (χ1) is 15.8. The minimum absolute atomic E-state index is 0.0155. The molecule has 2 aromatic carbocycles. The smallest absolute Gasteiger partial charge is 0.269 e. The Labute approximate surface area is 194 Å². The van der Waals surface area contributed by atoms with Crippen molar-refractivity contribution in [3.63, 3.8) is 0 Å². The molecule has 0 radical (unpaired) electrons. The molecule has 0 spiro atoms. The van der Waals surface area contributed by atoms with Gasteiger partial charge in [0.05, 0.1) is 34.4 Å². The van der Waals surface area contributed by atoms with Crippen LogP contribution in [0.4, 0.5) is 5.69 Å². The molecule has 172 valence electrons. The van der Waals surface area contributed by atoms with Gasteiger partial charge in [0.2, 0.25) is 10.0 Å². The van der Waals surface area contributed by atoms with Crippen molar-refractivity contribution in [2.24, 2.45) is 5.73 Å². The fourth-order valence-electron chi connectivity index (χ4n) is 3.27. The van der Waals surface area contributed by atoms with E-state index < -0.39 is 21.8 Å². The molecular weight excluding hydrogens is 470 g/mol. The van der Waals surface area contributed by atoms with E-state index in [2.05, 4.69) is 10.4 Å². The molecule has 0 atom stereocenters. The second kappa shape index (κ2) is 9.32. The van der Waals surface area contributed by atoms with E-state index in [0.717, 1.165) is 0 Å². The second-order valence-electron chi connectivity index (χ2n) is 7.17. The summed E-state index contributed by atoms with van der Waals surface area (Å²) in [6.45, 7) is 1.13. The van der Waals surface area contributed by atoms with Crippen LogP contribution < -0.4 is 11.1 Å². The highest BCUT2D eigenvalue weighted by molar-refractivity contribution is 7.89. The molecule has 10 nitrogen and oxygen atoms in total. The number of primary amides is 1. The number of hydrogen-bond donors (Lipinski definition) is 2. The van der Waals surface area contributed by atoms with E-state index in [4.69, 9.17) is 22.1 Å². The summed E-state index contributed by atoms with van der Waals surface area (Å²) in [5.74, 6) is -1.19. The summed E-state index contributed by atoms with van der Waals surface area (Å²) in [5.41, 5.74) is 6.49. The van der Waals surface area contributed by atoms with Gasteiger partial charge in [0.15, 0.2) is 0 Å². The third kappa shape index (κ3) is 4.91. The molecule has 3 N–H and O–H groups in total. The summed E-state index contributed by atoms with van der Waals surface area (Å²) in [6.07, 6.45) is 1.59. The molecule has 3 aromatic rings. The standard InChI is InChI=1S/C21H20ClN5O5S/c22-18-6-5-16(33(30,31)26-9-11-32-12-10-26)13-17(18)21(29)24-14-1-3-15(4-2-14)27-8-7-19(25-27)20(23)28/h1-8,13H,9-12H2,(H2,23,28)(H,24,29). The maximum atomic E-state index is 12.9. The number of hydrogen-bond acceptors (Lipinski definition) is 6. The van der Waals surface area contributed by atoms with Crippen LogP contribution in [0.3, 0.4) is 0 Å². The number of carbonyl (C=O) groups excluding carboxylic acids is 2. The summed E-state index contributed by atoms with van der Waals surface area (Å²) in [4.78, 5) is 24.0. The molecule has 0 saturated carbocycles. The zero-order valence-electron chi connectivity index (χ0n) is 17.3. The van der Waals surface area contributed by atoms with Gasteiger partial charge in [-0.3, -0.25) is 9.59 Å². The Bertz CT molecular complexity index is 1300. The van der Waals surface area contributed by atoms with Crippen LogP contribution in [-0.4, -0.2) is 60.6 Å². The van der Waals surface area contributed by atoms with Crippen molar-refractivity contribution in [2.75, 3.05) is 31.6 Å². The maximum Gasteiger partial charge on any atom is 0.269 e. The van der Waals surface area contributed by atoms with Gasteiger partial charge in [0, 0.05) is 25.0 Å². The number of rotatable bonds is 6. The number of halogens is 1. The Morgan fingerprint density at radius 3 is 2.39 bits per heavy atom. The lowest BCUT2D eigenvalue weighted by atomic mass is 10.2. The number of carbonyl (C=O) groups is 2. The lowest BCUT2D eigenvalue weighted by Gasteiger charge is -2.26. The van der Waals surface area contributed by atoms with Gasteiger partial charge in [-0.1, -0.05) is 11.6 Å². The number of nitrogens with zero attached hydrogens (tertiary/aromatic N) is 3. The third-order valence-corrected chi connectivity index (χ3v) is 7.25. The minimum atomic E-state index is -3.78. The van der Waals surface area contributed by atoms with E-state index in [1.807, 2.05) is 0 Å². The Morgan fingerprint density at radius 2 is 1.76 bits per heavy atom. The highest BCUT2D eigenvalue weighted by Gasteiger charge is 2.27. The van der Waals surface area contributed by atoms with Gasteiger partial charge in [-0.15, -0.1) is 0 Å².